The number of rotatable bonds is 3. The van der Waals surface area contributed by atoms with E-state index in [0.717, 1.165) is 11.3 Å². The number of carbonyl (C=O) groups is 1. The lowest BCUT2D eigenvalue weighted by Crippen LogP contribution is -2.12. The smallest absolute Gasteiger partial charge is 0.290 e. The maximum Gasteiger partial charge on any atom is 0.290 e. The highest BCUT2D eigenvalue weighted by atomic mass is 32.1. The molecule has 0 spiro atoms. The number of hydrogen-bond donors (Lipinski definition) is 2. The molecule has 16 heavy (non-hydrogen) atoms. The Morgan fingerprint density at radius 1 is 1.62 bits per heavy atom. The van der Waals surface area contributed by atoms with Gasteiger partial charge in [-0.3, -0.25) is 4.79 Å². The van der Waals surface area contributed by atoms with Crippen molar-refractivity contribution in [2.24, 2.45) is 5.73 Å². The van der Waals surface area contributed by atoms with Gasteiger partial charge in [-0.05, 0) is 12.5 Å². The molecule has 2 rings (SSSR count). The molecule has 0 bridgehead atoms. The summed E-state index contributed by atoms with van der Waals surface area (Å²) in [6.07, 6.45) is 0.881. The second-order valence-corrected chi connectivity index (χ2v) is 4.30. The molecular weight excluding hydrogens is 228 g/mol. The summed E-state index contributed by atoms with van der Waals surface area (Å²) in [6, 6.07) is 1.87. The summed E-state index contributed by atoms with van der Waals surface area (Å²) in [7, 11) is 0. The highest BCUT2D eigenvalue weighted by Gasteiger charge is 2.16. The summed E-state index contributed by atoms with van der Waals surface area (Å²) in [5, 5.41) is 4.05. The van der Waals surface area contributed by atoms with Gasteiger partial charge in [0, 0.05) is 4.88 Å². The topological polar surface area (TPSA) is 108 Å². The van der Waals surface area contributed by atoms with Gasteiger partial charge in [-0.2, -0.15) is 4.98 Å². The van der Waals surface area contributed by atoms with E-state index < -0.39 is 5.91 Å². The SMILES string of the molecule is CCc1cc(-c2nc(C(N)=O)no2)c(N)s1. The van der Waals surface area contributed by atoms with Gasteiger partial charge < -0.3 is 16.0 Å². The standard InChI is InChI=1S/C9H10N4O2S/c1-2-4-3-5(7(11)16-4)9-12-8(6(10)14)13-15-9/h3H,2,11H2,1H3,(H2,10,14). The van der Waals surface area contributed by atoms with E-state index in [-0.39, 0.29) is 11.7 Å². The van der Waals surface area contributed by atoms with E-state index >= 15 is 0 Å². The van der Waals surface area contributed by atoms with Crippen LogP contribution >= 0.6 is 11.3 Å². The molecule has 0 atom stereocenters. The lowest BCUT2D eigenvalue weighted by Gasteiger charge is -1.88. The molecule has 2 aromatic heterocycles. The lowest BCUT2D eigenvalue weighted by atomic mass is 10.2. The Labute approximate surface area is 95.2 Å². The normalized spacial score (nSPS) is 10.6. The zero-order valence-corrected chi connectivity index (χ0v) is 9.37. The average Bonchev–Trinajstić information content (AvgIpc) is 2.83. The van der Waals surface area contributed by atoms with Gasteiger partial charge in [-0.15, -0.1) is 11.3 Å². The molecule has 0 fully saturated rings. The summed E-state index contributed by atoms with van der Waals surface area (Å²) < 4.78 is 4.92. The van der Waals surface area contributed by atoms with Gasteiger partial charge in [0.05, 0.1) is 10.6 Å². The molecule has 0 aromatic carbocycles. The predicted molar refractivity (Wildman–Crippen MR) is 59.9 cm³/mol. The number of amides is 1. The molecule has 2 heterocycles. The van der Waals surface area contributed by atoms with Crippen molar-refractivity contribution in [3.05, 3.63) is 16.8 Å². The molecule has 1 amide bonds. The number of primary amides is 1. The zero-order valence-electron chi connectivity index (χ0n) is 8.56. The first kappa shape index (κ1) is 10.6. The fourth-order valence-electron chi connectivity index (χ4n) is 1.23. The minimum atomic E-state index is -0.723. The third-order valence-electron chi connectivity index (χ3n) is 2.04. The minimum Gasteiger partial charge on any atom is -0.390 e. The van der Waals surface area contributed by atoms with Crippen molar-refractivity contribution in [3.63, 3.8) is 0 Å². The Morgan fingerprint density at radius 2 is 2.38 bits per heavy atom. The Hall–Kier alpha value is -1.89. The highest BCUT2D eigenvalue weighted by Crippen LogP contribution is 2.33. The first-order chi connectivity index (χ1) is 7.61. The van der Waals surface area contributed by atoms with Crippen LogP contribution in [0.1, 0.15) is 22.4 Å². The molecule has 6 nitrogen and oxygen atoms in total. The fraction of sp³-hybridized carbons (Fsp3) is 0.222. The van der Waals surface area contributed by atoms with E-state index in [0.29, 0.717) is 10.6 Å². The Balaban J connectivity index is 2.41. The number of hydrogen-bond acceptors (Lipinski definition) is 6. The minimum absolute atomic E-state index is 0.140. The van der Waals surface area contributed by atoms with Crippen LogP contribution in [-0.2, 0) is 6.42 Å². The number of anilines is 1. The molecule has 0 radical (unpaired) electrons. The van der Waals surface area contributed by atoms with Crippen molar-refractivity contribution in [1.82, 2.24) is 10.1 Å². The number of nitrogens with zero attached hydrogens (tertiary/aromatic N) is 2. The van der Waals surface area contributed by atoms with Crippen molar-refractivity contribution >= 4 is 22.2 Å². The molecule has 0 unspecified atom stereocenters. The largest absolute Gasteiger partial charge is 0.390 e. The molecule has 0 saturated carbocycles. The third-order valence-corrected chi connectivity index (χ3v) is 3.15. The molecule has 84 valence electrons. The number of aryl methyl sites for hydroxylation is 1. The van der Waals surface area contributed by atoms with Gasteiger partial charge >= 0.3 is 0 Å². The fourth-order valence-corrected chi connectivity index (χ4v) is 2.09. The van der Waals surface area contributed by atoms with Crippen molar-refractivity contribution in [2.45, 2.75) is 13.3 Å². The van der Waals surface area contributed by atoms with Gasteiger partial charge in [0.15, 0.2) is 0 Å². The van der Waals surface area contributed by atoms with Crippen LogP contribution in [0.5, 0.6) is 0 Å². The molecule has 7 heteroatoms. The molecule has 0 aliphatic rings. The highest BCUT2D eigenvalue weighted by molar-refractivity contribution is 7.16. The number of thiophene rings is 1. The molecule has 0 aliphatic carbocycles. The van der Waals surface area contributed by atoms with E-state index in [2.05, 4.69) is 10.1 Å². The van der Waals surface area contributed by atoms with E-state index in [1.54, 1.807) is 0 Å². The van der Waals surface area contributed by atoms with Gasteiger partial charge in [0.2, 0.25) is 0 Å². The molecule has 2 aromatic rings. The van der Waals surface area contributed by atoms with Gasteiger partial charge in [0.25, 0.3) is 17.6 Å². The van der Waals surface area contributed by atoms with Gasteiger partial charge in [-0.1, -0.05) is 12.1 Å². The first-order valence-electron chi connectivity index (χ1n) is 4.64. The maximum absolute atomic E-state index is 10.8. The van der Waals surface area contributed by atoms with E-state index in [1.165, 1.54) is 11.3 Å². The number of aromatic nitrogens is 2. The van der Waals surface area contributed by atoms with Crippen LogP contribution in [0.15, 0.2) is 10.6 Å². The molecule has 4 N–H and O–H groups in total. The predicted octanol–water partition coefficient (Wildman–Crippen LogP) is 1.04. The van der Waals surface area contributed by atoms with Crippen molar-refractivity contribution in [1.29, 1.82) is 0 Å². The summed E-state index contributed by atoms with van der Waals surface area (Å²) in [4.78, 5) is 15.8. The Kier molecular flexibility index (Phi) is 2.61. The van der Waals surface area contributed by atoms with E-state index in [1.807, 2.05) is 13.0 Å². The summed E-state index contributed by atoms with van der Waals surface area (Å²) >= 11 is 1.46. The van der Waals surface area contributed by atoms with Crippen molar-refractivity contribution in [3.8, 4) is 11.5 Å². The van der Waals surface area contributed by atoms with Crippen LogP contribution in [0, 0.1) is 0 Å². The van der Waals surface area contributed by atoms with Gasteiger partial charge in [0.1, 0.15) is 0 Å². The number of nitrogen functional groups attached to an aromatic ring is 1. The monoisotopic (exact) mass is 238 g/mol. The molecule has 0 saturated heterocycles. The van der Waals surface area contributed by atoms with E-state index in [4.69, 9.17) is 16.0 Å². The van der Waals surface area contributed by atoms with Crippen LogP contribution in [0.3, 0.4) is 0 Å². The second-order valence-electron chi connectivity index (χ2n) is 3.13. The van der Waals surface area contributed by atoms with Crippen molar-refractivity contribution in [2.75, 3.05) is 5.73 Å². The summed E-state index contributed by atoms with van der Waals surface area (Å²) in [5.41, 5.74) is 11.5. The van der Waals surface area contributed by atoms with Crippen LogP contribution in [0.4, 0.5) is 5.00 Å². The van der Waals surface area contributed by atoms with Crippen LogP contribution in [-0.4, -0.2) is 16.0 Å². The van der Waals surface area contributed by atoms with Crippen LogP contribution < -0.4 is 11.5 Å². The zero-order chi connectivity index (χ0) is 11.7. The maximum atomic E-state index is 10.8. The van der Waals surface area contributed by atoms with E-state index in [9.17, 15) is 4.79 Å². The van der Waals surface area contributed by atoms with Crippen molar-refractivity contribution < 1.29 is 9.32 Å². The second kappa shape index (κ2) is 3.93. The van der Waals surface area contributed by atoms with Gasteiger partial charge in [-0.25, -0.2) is 0 Å². The average molecular weight is 238 g/mol. The van der Waals surface area contributed by atoms with Crippen LogP contribution in [0.2, 0.25) is 0 Å². The number of nitrogens with two attached hydrogens (primary N) is 2. The Bertz CT molecular complexity index is 531. The summed E-state index contributed by atoms with van der Waals surface area (Å²) in [5.74, 6) is -0.639. The lowest BCUT2D eigenvalue weighted by molar-refractivity contribution is 0.0987. The Morgan fingerprint density at radius 3 is 2.88 bits per heavy atom. The summed E-state index contributed by atoms with van der Waals surface area (Å²) in [6.45, 7) is 2.03. The third kappa shape index (κ3) is 1.76. The molecule has 0 aliphatic heterocycles. The quantitative estimate of drug-likeness (QED) is 0.830. The number of carbonyl (C=O) groups excluding carboxylic acids is 1. The molecular formula is C9H10N4O2S. The van der Waals surface area contributed by atoms with Crippen LogP contribution in [0.25, 0.3) is 11.5 Å². The first-order valence-corrected chi connectivity index (χ1v) is 5.45.